The van der Waals surface area contributed by atoms with Gasteiger partial charge in [0, 0.05) is 30.0 Å². The first kappa shape index (κ1) is 18.8. The first-order valence-corrected chi connectivity index (χ1v) is 9.54. The molecule has 0 unspecified atom stereocenters. The van der Waals surface area contributed by atoms with Crippen molar-refractivity contribution in [2.24, 2.45) is 10.9 Å². The van der Waals surface area contributed by atoms with Crippen molar-refractivity contribution in [2.75, 3.05) is 0 Å². The number of nitrogens with zero attached hydrogens (tertiary/aromatic N) is 2. The molecule has 2 heterocycles. The van der Waals surface area contributed by atoms with Gasteiger partial charge in [0.05, 0.1) is 10.7 Å². The summed E-state index contributed by atoms with van der Waals surface area (Å²) in [5.41, 5.74) is 8.81. The second kappa shape index (κ2) is 7.45. The van der Waals surface area contributed by atoms with Gasteiger partial charge in [-0.3, -0.25) is 9.59 Å². The van der Waals surface area contributed by atoms with Crippen LogP contribution in [0.2, 0.25) is 10.0 Å². The summed E-state index contributed by atoms with van der Waals surface area (Å²) in [6.45, 7) is 0.305. The minimum absolute atomic E-state index is 0.254. The van der Waals surface area contributed by atoms with Crippen molar-refractivity contribution in [2.45, 2.75) is 31.5 Å². The van der Waals surface area contributed by atoms with Crippen LogP contribution >= 0.6 is 23.2 Å². The summed E-state index contributed by atoms with van der Waals surface area (Å²) < 4.78 is 0. The normalized spacial score (nSPS) is 20.9. The molecule has 0 saturated heterocycles. The monoisotopic (exact) mass is 417 g/mol. The highest BCUT2D eigenvalue weighted by atomic mass is 35.5. The Morgan fingerprint density at radius 2 is 1.86 bits per heavy atom. The predicted octanol–water partition coefficient (Wildman–Crippen LogP) is 2.93. The Hall–Kier alpha value is -2.57. The van der Waals surface area contributed by atoms with Gasteiger partial charge in [-0.25, -0.2) is 0 Å². The van der Waals surface area contributed by atoms with E-state index in [4.69, 9.17) is 33.8 Å². The van der Waals surface area contributed by atoms with E-state index in [1.165, 1.54) is 4.90 Å². The van der Waals surface area contributed by atoms with E-state index >= 15 is 0 Å². The van der Waals surface area contributed by atoms with Gasteiger partial charge in [0.25, 0.3) is 5.91 Å². The molecule has 0 saturated carbocycles. The molecule has 0 fully saturated rings. The smallest absolute Gasteiger partial charge is 0.267 e. The van der Waals surface area contributed by atoms with E-state index in [1.54, 1.807) is 18.2 Å². The zero-order valence-electron chi connectivity index (χ0n) is 14.8. The minimum atomic E-state index is -0.825. The number of hydrogen-bond donors (Lipinski definition) is 1. The van der Waals surface area contributed by atoms with Crippen LogP contribution < -0.4 is 5.73 Å². The third kappa shape index (κ3) is 3.45. The number of primary amides is 1. The Kier molecular flexibility index (Phi) is 5.00. The molecule has 28 heavy (non-hydrogen) atoms. The first-order chi connectivity index (χ1) is 13.4. The fourth-order valence-corrected chi connectivity index (χ4v) is 4.10. The summed E-state index contributed by atoms with van der Waals surface area (Å²) >= 11 is 12.2. The Morgan fingerprint density at radius 3 is 2.57 bits per heavy atom. The van der Waals surface area contributed by atoms with Gasteiger partial charge in [-0.05, 0) is 23.3 Å². The third-order valence-electron chi connectivity index (χ3n) is 5.05. The van der Waals surface area contributed by atoms with Crippen molar-refractivity contribution in [3.63, 3.8) is 0 Å². The molecule has 2 atom stereocenters. The lowest BCUT2D eigenvalue weighted by Gasteiger charge is -2.36. The first-order valence-electron chi connectivity index (χ1n) is 8.78. The number of halogens is 2. The van der Waals surface area contributed by atoms with Gasteiger partial charge in [0.15, 0.2) is 0 Å². The van der Waals surface area contributed by atoms with Crippen molar-refractivity contribution in [1.29, 1.82) is 0 Å². The van der Waals surface area contributed by atoms with Gasteiger partial charge in [0.1, 0.15) is 6.04 Å². The number of fused-ring (bicyclic) bond motifs is 1. The number of amides is 2. The fraction of sp³-hybridized carbons (Fsp3) is 0.250. The summed E-state index contributed by atoms with van der Waals surface area (Å²) in [6.07, 6.45) is -0.182. The second-order valence-electron chi connectivity index (χ2n) is 6.82. The molecule has 0 radical (unpaired) electrons. The van der Waals surface area contributed by atoms with Crippen LogP contribution in [0.25, 0.3) is 0 Å². The van der Waals surface area contributed by atoms with E-state index in [0.717, 1.165) is 11.1 Å². The lowest BCUT2D eigenvalue weighted by molar-refractivity contribution is -0.149. The van der Waals surface area contributed by atoms with Crippen molar-refractivity contribution < 1.29 is 14.4 Å². The van der Waals surface area contributed by atoms with Crippen LogP contribution in [0, 0.1) is 0 Å². The van der Waals surface area contributed by atoms with E-state index in [2.05, 4.69) is 5.16 Å². The molecule has 8 heteroatoms. The molecular formula is C20H17Cl2N3O3. The molecule has 144 valence electrons. The highest BCUT2D eigenvalue weighted by Crippen LogP contribution is 2.29. The summed E-state index contributed by atoms with van der Waals surface area (Å²) in [5, 5.41) is 4.98. The van der Waals surface area contributed by atoms with Crippen molar-refractivity contribution in [3.8, 4) is 0 Å². The van der Waals surface area contributed by atoms with E-state index in [-0.39, 0.29) is 12.3 Å². The van der Waals surface area contributed by atoms with E-state index in [0.29, 0.717) is 34.3 Å². The van der Waals surface area contributed by atoms with Gasteiger partial charge in [-0.2, -0.15) is 0 Å². The van der Waals surface area contributed by atoms with E-state index < -0.39 is 18.1 Å². The number of carbonyl (C=O) groups is 2. The van der Waals surface area contributed by atoms with Crippen LogP contribution in [0.4, 0.5) is 0 Å². The van der Waals surface area contributed by atoms with Crippen LogP contribution in [0.5, 0.6) is 0 Å². The number of rotatable bonds is 3. The van der Waals surface area contributed by atoms with Crippen LogP contribution in [0.3, 0.4) is 0 Å². The lowest BCUT2D eigenvalue weighted by Crippen LogP contribution is -2.53. The standard InChI is InChI=1S/C20H17Cl2N3O3/c21-13-5-6-14(15(22)8-13)16-9-18(28-24-16)20(27)25-10-12-4-2-1-3-11(12)7-17(25)19(23)26/h1-6,8,17-18H,7,9-10H2,(H2,23,26)/t17-,18-/m0/s1. The van der Waals surface area contributed by atoms with Crippen LogP contribution in [0.15, 0.2) is 47.6 Å². The third-order valence-corrected chi connectivity index (χ3v) is 5.59. The number of hydrogen-bond acceptors (Lipinski definition) is 4. The van der Waals surface area contributed by atoms with Crippen molar-refractivity contribution in [3.05, 3.63) is 69.2 Å². The molecule has 2 aliphatic heterocycles. The highest BCUT2D eigenvalue weighted by Gasteiger charge is 2.39. The molecular weight excluding hydrogens is 401 g/mol. The number of nitrogens with two attached hydrogens (primary N) is 1. The van der Waals surface area contributed by atoms with Gasteiger partial charge in [-0.1, -0.05) is 58.7 Å². The van der Waals surface area contributed by atoms with Crippen LogP contribution in [0.1, 0.15) is 23.1 Å². The summed E-state index contributed by atoms with van der Waals surface area (Å²) in [6, 6.07) is 12.0. The van der Waals surface area contributed by atoms with Gasteiger partial charge in [-0.15, -0.1) is 0 Å². The zero-order chi connectivity index (χ0) is 19.8. The molecule has 0 spiro atoms. The molecule has 0 aromatic heterocycles. The maximum atomic E-state index is 13.1. The summed E-state index contributed by atoms with van der Waals surface area (Å²) in [5.74, 6) is -0.857. The van der Waals surface area contributed by atoms with Gasteiger partial charge < -0.3 is 15.5 Å². The van der Waals surface area contributed by atoms with Crippen molar-refractivity contribution >= 4 is 40.7 Å². The average Bonchev–Trinajstić information content (AvgIpc) is 3.16. The highest BCUT2D eigenvalue weighted by molar-refractivity contribution is 6.37. The Labute approximate surface area is 171 Å². The van der Waals surface area contributed by atoms with Gasteiger partial charge >= 0.3 is 0 Å². The predicted molar refractivity (Wildman–Crippen MR) is 106 cm³/mol. The molecule has 0 aliphatic carbocycles. The molecule has 2 aromatic rings. The van der Waals surface area contributed by atoms with E-state index in [1.807, 2.05) is 24.3 Å². The number of oxime groups is 1. The fourth-order valence-electron chi connectivity index (χ4n) is 3.59. The van der Waals surface area contributed by atoms with Crippen molar-refractivity contribution in [1.82, 2.24) is 4.90 Å². The van der Waals surface area contributed by atoms with Crippen LogP contribution in [-0.2, 0) is 27.4 Å². The number of carbonyl (C=O) groups excluding carboxylic acids is 2. The Balaban J connectivity index is 1.54. The largest absolute Gasteiger partial charge is 0.382 e. The van der Waals surface area contributed by atoms with Gasteiger partial charge in [0.2, 0.25) is 12.0 Å². The molecule has 2 N–H and O–H groups in total. The average molecular weight is 418 g/mol. The topological polar surface area (TPSA) is 85.0 Å². The molecule has 4 rings (SSSR count). The zero-order valence-corrected chi connectivity index (χ0v) is 16.3. The quantitative estimate of drug-likeness (QED) is 0.832. The molecule has 2 aliphatic rings. The Morgan fingerprint density at radius 1 is 1.11 bits per heavy atom. The maximum Gasteiger partial charge on any atom is 0.267 e. The molecule has 2 amide bonds. The second-order valence-corrected chi connectivity index (χ2v) is 7.66. The number of benzene rings is 2. The molecule has 6 nitrogen and oxygen atoms in total. The van der Waals surface area contributed by atoms with Crippen LogP contribution in [-0.4, -0.2) is 34.6 Å². The minimum Gasteiger partial charge on any atom is -0.382 e. The summed E-state index contributed by atoms with van der Waals surface area (Å²) in [7, 11) is 0. The van der Waals surface area contributed by atoms with E-state index in [9.17, 15) is 9.59 Å². The molecule has 0 bridgehead atoms. The Bertz CT molecular complexity index is 992. The molecule has 2 aromatic carbocycles. The lowest BCUT2D eigenvalue weighted by atomic mass is 9.92. The summed E-state index contributed by atoms with van der Waals surface area (Å²) in [4.78, 5) is 32.0. The maximum absolute atomic E-state index is 13.1. The SMILES string of the molecule is NC(=O)[C@@H]1Cc2ccccc2CN1C(=O)[C@@H]1CC(c2ccc(Cl)cc2Cl)=NO1.